The molecular formula is C16H27N3O4. The molecule has 0 aliphatic carbocycles. The van der Waals surface area contributed by atoms with Gasteiger partial charge in [-0.2, -0.15) is 0 Å². The Morgan fingerprint density at radius 2 is 2.00 bits per heavy atom. The van der Waals surface area contributed by atoms with E-state index < -0.39 is 6.09 Å². The third kappa shape index (κ3) is 7.60. The van der Waals surface area contributed by atoms with Gasteiger partial charge in [0.15, 0.2) is 0 Å². The van der Waals surface area contributed by atoms with E-state index in [1.165, 1.54) is 4.90 Å². The zero-order valence-corrected chi connectivity index (χ0v) is 14.8. The number of rotatable bonds is 6. The number of hydrogen-bond donors (Lipinski definition) is 1. The molecular weight excluding hydrogens is 298 g/mol. The Hall–Kier alpha value is -2.15. The molecule has 7 nitrogen and oxygen atoms in total. The average Bonchev–Trinajstić information content (AvgIpc) is 2.54. The first-order valence-electron chi connectivity index (χ1n) is 7.64. The molecule has 0 aliphatic heterocycles. The summed E-state index contributed by atoms with van der Waals surface area (Å²) in [6.45, 7) is 7.71. The zero-order valence-electron chi connectivity index (χ0n) is 14.8. The number of nitrogens with one attached hydrogen (secondary N) is 1. The number of ether oxygens (including phenoxy) is 2. The van der Waals surface area contributed by atoms with Gasteiger partial charge in [-0.3, -0.25) is 9.69 Å². The predicted octanol–water partition coefficient (Wildman–Crippen LogP) is 2.35. The maximum atomic E-state index is 11.9. The summed E-state index contributed by atoms with van der Waals surface area (Å²) in [5.41, 5.74) is 0.630. The highest BCUT2D eigenvalue weighted by Crippen LogP contribution is 2.18. The number of nitrogens with zero attached hydrogens (tertiary/aromatic N) is 2. The van der Waals surface area contributed by atoms with E-state index in [1.807, 2.05) is 13.8 Å². The van der Waals surface area contributed by atoms with Crippen LogP contribution in [0.25, 0.3) is 0 Å². The molecule has 0 aliphatic rings. The summed E-state index contributed by atoms with van der Waals surface area (Å²) in [4.78, 5) is 28.7. The summed E-state index contributed by atoms with van der Waals surface area (Å²) < 4.78 is 10.2. The molecule has 0 unspecified atom stereocenters. The van der Waals surface area contributed by atoms with Gasteiger partial charge in [0.2, 0.25) is 0 Å². The van der Waals surface area contributed by atoms with E-state index in [-0.39, 0.29) is 25.2 Å². The van der Waals surface area contributed by atoms with E-state index in [0.29, 0.717) is 11.4 Å². The monoisotopic (exact) mass is 325 g/mol. The molecule has 7 heteroatoms. The number of aromatic nitrogens is 1. The van der Waals surface area contributed by atoms with Crippen LogP contribution in [0, 0.1) is 0 Å². The minimum atomic E-state index is -0.508. The van der Waals surface area contributed by atoms with Gasteiger partial charge < -0.3 is 14.8 Å². The van der Waals surface area contributed by atoms with Gasteiger partial charge in [-0.15, -0.1) is 0 Å². The number of hydrogen-bond acceptors (Lipinski definition) is 6. The molecule has 0 saturated carbocycles. The SMILES string of the molecule is CC.CNCC(=O)OCc1cccnc1N(C)C(=O)OC(C)C. The molecule has 1 rings (SSSR count). The lowest BCUT2D eigenvalue weighted by Crippen LogP contribution is -2.31. The minimum absolute atomic E-state index is 0.0446. The molecule has 1 heterocycles. The van der Waals surface area contributed by atoms with Crippen molar-refractivity contribution in [3.63, 3.8) is 0 Å². The number of likely N-dealkylation sites (N-methyl/N-ethyl adjacent to an activating group) is 1. The molecule has 1 aromatic heterocycles. The van der Waals surface area contributed by atoms with Gasteiger partial charge in [-0.05, 0) is 27.0 Å². The Morgan fingerprint density at radius 3 is 2.57 bits per heavy atom. The van der Waals surface area contributed by atoms with Crippen LogP contribution in [0.5, 0.6) is 0 Å². The number of amides is 1. The quantitative estimate of drug-likeness (QED) is 0.809. The van der Waals surface area contributed by atoms with Crippen LogP contribution in [-0.2, 0) is 20.9 Å². The van der Waals surface area contributed by atoms with Crippen LogP contribution in [0.2, 0.25) is 0 Å². The third-order valence-corrected chi connectivity index (χ3v) is 2.51. The molecule has 0 fully saturated rings. The van der Waals surface area contributed by atoms with Gasteiger partial charge in [0, 0.05) is 18.8 Å². The van der Waals surface area contributed by atoms with E-state index in [1.54, 1.807) is 46.3 Å². The topological polar surface area (TPSA) is 80.8 Å². The van der Waals surface area contributed by atoms with Gasteiger partial charge in [0.25, 0.3) is 0 Å². The van der Waals surface area contributed by atoms with Crippen molar-refractivity contribution in [2.45, 2.75) is 40.4 Å². The smallest absolute Gasteiger partial charge is 0.415 e. The Morgan fingerprint density at radius 1 is 1.35 bits per heavy atom. The summed E-state index contributed by atoms with van der Waals surface area (Å²) in [6, 6.07) is 3.46. The van der Waals surface area contributed by atoms with Gasteiger partial charge in [-0.1, -0.05) is 19.9 Å². The fourth-order valence-electron chi connectivity index (χ4n) is 1.57. The second kappa shape index (κ2) is 11.4. The molecule has 1 amide bonds. The molecule has 1 aromatic rings. The lowest BCUT2D eigenvalue weighted by molar-refractivity contribution is -0.143. The van der Waals surface area contributed by atoms with E-state index in [9.17, 15) is 9.59 Å². The first-order chi connectivity index (χ1) is 11.0. The summed E-state index contributed by atoms with van der Waals surface area (Å²) in [5, 5.41) is 2.71. The predicted molar refractivity (Wildman–Crippen MR) is 89.3 cm³/mol. The van der Waals surface area contributed by atoms with Crippen LogP contribution in [0.15, 0.2) is 18.3 Å². The van der Waals surface area contributed by atoms with E-state index in [0.717, 1.165) is 0 Å². The van der Waals surface area contributed by atoms with Crippen LogP contribution in [-0.4, -0.2) is 43.8 Å². The molecule has 0 radical (unpaired) electrons. The van der Waals surface area contributed by atoms with Crippen molar-refractivity contribution in [1.82, 2.24) is 10.3 Å². The standard InChI is InChI=1S/C14H21N3O4.C2H6/c1-10(2)21-14(19)17(4)13-11(6-5-7-16-13)9-20-12(18)8-15-3;1-2/h5-7,10,15H,8-9H2,1-4H3;1-2H3. The molecule has 0 spiro atoms. The fraction of sp³-hybridized carbons (Fsp3) is 0.562. The van der Waals surface area contributed by atoms with Crippen molar-refractivity contribution in [2.75, 3.05) is 25.5 Å². The number of anilines is 1. The largest absolute Gasteiger partial charge is 0.460 e. The minimum Gasteiger partial charge on any atom is -0.460 e. The molecule has 23 heavy (non-hydrogen) atoms. The van der Waals surface area contributed by atoms with Crippen LogP contribution >= 0.6 is 0 Å². The second-order valence-electron chi connectivity index (χ2n) is 4.67. The number of esters is 1. The van der Waals surface area contributed by atoms with Crippen LogP contribution in [0.1, 0.15) is 33.3 Å². The number of carbonyl (C=O) groups is 2. The maximum absolute atomic E-state index is 11.9. The Bertz CT molecular complexity index is 492. The van der Waals surface area contributed by atoms with Gasteiger partial charge in [-0.25, -0.2) is 9.78 Å². The maximum Gasteiger partial charge on any atom is 0.415 e. The first-order valence-corrected chi connectivity index (χ1v) is 7.64. The second-order valence-corrected chi connectivity index (χ2v) is 4.67. The van der Waals surface area contributed by atoms with Crippen molar-refractivity contribution in [3.05, 3.63) is 23.9 Å². The van der Waals surface area contributed by atoms with Crippen molar-refractivity contribution < 1.29 is 19.1 Å². The lowest BCUT2D eigenvalue weighted by Gasteiger charge is -2.20. The van der Waals surface area contributed by atoms with Crippen LogP contribution in [0.3, 0.4) is 0 Å². The average molecular weight is 325 g/mol. The summed E-state index contributed by atoms with van der Waals surface area (Å²) >= 11 is 0. The van der Waals surface area contributed by atoms with Gasteiger partial charge in [0.1, 0.15) is 12.4 Å². The summed E-state index contributed by atoms with van der Waals surface area (Å²) in [5.74, 6) is 0.0279. The Balaban J connectivity index is 0.00000232. The summed E-state index contributed by atoms with van der Waals surface area (Å²) in [7, 11) is 3.22. The van der Waals surface area contributed by atoms with Crippen LogP contribution in [0.4, 0.5) is 10.6 Å². The molecule has 0 saturated heterocycles. The number of pyridine rings is 1. The molecule has 130 valence electrons. The molecule has 0 aromatic carbocycles. The lowest BCUT2D eigenvalue weighted by atomic mass is 10.2. The highest BCUT2D eigenvalue weighted by atomic mass is 16.6. The molecule has 1 N–H and O–H groups in total. The molecule has 0 bridgehead atoms. The van der Waals surface area contributed by atoms with Crippen molar-refractivity contribution in [3.8, 4) is 0 Å². The number of carbonyl (C=O) groups excluding carboxylic acids is 2. The highest BCUT2D eigenvalue weighted by molar-refractivity contribution is 5.86. The fourth-order valence-corrected chi connectivity index (χ4v) is 1.57. The zero-order chi connectivity index (χ0) is 17.8. The van der Waals surface area contributed by atoms with E-state index in [4.69, 9.17) is 9.47 Å². The van der Waals surface area contributed by atoms with Crippen LogP contribution < -0.4 is 10.2 Å². The third-order valence-electron chi connectivity index (χ3n) is 2.51. The van der Waals surface area contributed by atoms with Gasteiger partial charge in [0.05, 0.1) is 12.6 Å². The van der Waals surface area contributed by atoms with Crippen molar-refractivity contribution in [2.24, 2.45) is 0 Å². The Labute approximate surface area is 138 Å². The van der Waals surface area contributed by atoms with Crippen molar-refractivity contribution in [1.29, 1.82) is 0 Å². The van der Waals surface area contributed by atoms with E-state index >= 15 is 0 Å². The highest BCUT2D eigenvalue weighted by Gasteiger charge is 2.18. The Kier molecular flexibility index (Phi) is 10.4. The van der Waals surface area contributed by atoms with E-state index in [2.05, 4.69) is 10.3 Å². The van der Waals surface area contributed by atoms with Gasteiger partial charge >= 0.3 is 12.1 Å². The molecule has 0 atom stereocenters. The summed E-state index contributed by atoms with van der Waals surface area (Å²) in [6.07, 6.45) is 0.833. The first kappa shape index (κ1) is 20.9. The van der Waals surface area contributed by atoms with Crippen molar-refractivity contribution >= 4 is 17.9 Å². The normalized spacial score (nSPS) is 9.70.